The maximum Gasteiger partial charge on any atom is 0.260 e. The number of nitrogens with zero attached hydrogens (tertiary/aromatic N) is 4. The minimum Gasteiger partial charge on any atom is -0.493 e. The summed E-state index contributed by atoms with van der Waals surface area (Å²) in [6.07, 6.45) is 7.46. The monoisotopic (exact) mass is 848 g/mol. The zero-order chi connectivity index (χ0) is 44.9. The normalized spacial score (nSPS) is 14.8. The summed E-state index contributed by atoms with van der Waals surface area (Å²) in [7, 11) is 1.53. The Morgan fingerprint density at radius 2 is 1.61 bits per heavy atom. The highest BCUT2D eigenvalue weighted by Gasteiger charge is 2.34. The first-order valence-corrected chi connectivity index (χ1v) is 20.2. The Bertz CT molecular complexity index is 2230. The summed E-state index contributed by atoms with van der Waals surface area (Å²) in [5.41, 5.74) is 3.23. The number of hydrogen-bond donors (Lipinski definition) is 6. The van der Waals surface area contributed by atoms with Gasteiger partial charge in [0.2, 0.25) is 35.5 Å². The van der Waals surface area contributed by atoms with Crippen LogP contribution in [-0.2, 0) is 24.0 Å². The Kier molecular flexibility index (Phi) is 15.7. The van der Waals surface area contributed by atoms with Crippen molar-refractivity contribution in [3.63, 3.8) is 0 Å². The van der Waals surface area contributed by atoms with E-state index in [-0.39, 0.29) is 54.3 Å². The molecule has 1 aromatic heterocycles. The molecule has 0 saturated carbocycles. The van der Waals surface area contributed by atoms with Crippen LogP contribution in [0.1, 0.15) is 69.3 Å². The molecule has 0 bridgehead atoms. The molecule has 2 aliphatic rings. The lowest BCUT2D eigenvalue weighted by atomic mass is 10.0. The van der Waals surface area contributed by atoms with Gasteiger partial charge in [-0.25, -0.2) is 0 Å². The summed E-state index contributed by atoms with van der Waals surface area (Å²) in [6.45, 7) is 14.7. The summed E-state index contributed by atoms with van der Waals surface area (Å²) in [4.78, 5) is 91.2. The minimum atomic E-state index is -0.932. The lowest BCUT2D eigenvalue weighted by Gasteiger charge is -2.24. The second kappa shape index (κ2) is 21.2. The average Bonchev–Trinajstić information content (AvgIpc) is 3.64. The van der Waals surface area contributed by atoms with E-state index in [1.165, 1.54) is 13.2 Å². The van der Waals surface area contributed by atoms with E-state index in [4.69, 9.17) is 9.47 Å². The number of aromatic nitrogens is 2. The number of amides is 6. The number of benzene rings is 2. The molecule has 18 nitrogen and oxygen atoms in total. The van der Waals surface area contributed by atoms with Crippen molar-refractivity contribution in [2.75, 3.05) is 41.5 Å². The largest absolute Gasteiger partial charge is 0.493 e. The van der Waals surface area contributed by atoms with Gasteiger partial charge in [0, 0.05) is 49.6 Å². The predicted octanol–water partition coefficient (Wildman–Crippen LogP) is 4.97. The molecule has 3 atom stereocenters. The maximum atomic E-state index is 13.7. The van der Waals surface area contributed by atoms with Crippen molar-refractivity contribution in [1.29, 1.82) is 0 Å². The average molecular weight is 849 g/mol. The highest BCUT2D eigenvalue weighted by atomic mass is 16.5. The van der Waals surface area contributed by atoms with E-state index in [9.17, 15) is 28.8 Å². The van der Waals surface area contributed by atoms with E-state index in [1.54, 1.807) is 56.2 Å². The first-order chi connectivity index (χ1) is 29.7. The Balaban J connectivity index is 1.11. The van der Waals surface area contributed by atoms with Gasteiger partial charge in [-0.3, -0.25) is 39.1 Å². The van der Waals surface area contributed by atoms with Crippen molar-refractivity contribution in [3.8, 4) is 11.5 Å². The molecular formula is C44H52N10O8. The third kappa shape index (κ3) is 11.9. The quantitative estimate of drug-likeness (QED) is 0.0656. The predicted molar refractivity (Wildman–Crippen MR) is 236 cm³/mol. The molecule has 3 heterocycles. The van der Waals surface area contributed by atoms with Gasteiger partial charge in [0.05, 0.1) is 31.0 Å². The van der Waals surface area contributed by atoms with Crippen LogP contribution >= 0.6 is 0 Å². The molecule has 3 aromatic rings. The number of nitrogens with one attached hydrogen (secondary N) is 6. The molecule has 2 aliphatic heterocycles. The van der Waals surface area contributed by atoms with E-state index >= 15 is 0 Å². The number of ether oxygens (including phenoxy) is 2. The molecule has 0 unspecified atom stereocenters. The fourth-order valence-electron chi connectivity index (χ4n) is 6.41. The number of carbonyl (C=O) groups excluding carboxylic acids is 6. The lowest BCUT2D eigenvalue weighted by Crippen LogP contribution is -2.53. The van der Waals surface area contributed by atoms with Crippen LogP contribution in [-0.4, -0.2) is 94.9 Å². The third-order valence-electron chi connectivity index (χ3n) is 9.69. The highest BCUT2D eigenvalue weighted by molar-refractivity contribution is 6.06. The van der Waals surface area contributed by atoms with Crippen molar-refractivity contribution in [3.05, 3.63) is 85.1 Å². The van der Waals surface area contributed by atoms with Crippen LogP contribution in [0.25, 0.3) is 5.57 Å². The summed E-state index contributed by atoms with van der Waals surface area (Å²) in [5.74, 6) is -1.61. The zero-order valence-electron chi connectivity index (χ0n) is 35.4. The Hall–Kier alpha value is -7.37. The fourth-order valence-corrected chi connectivity index (χ4v) is 6.41. The number of rotatable bonds is 20. The van der Waals surface area contributed by atoms with Crippen molar-refractivity contribution >= 4 is 76.2 Å². The molecule has 5 rings (SSSR count). The SMILES string of the molecule is C=CC(=O)Nc1cc(NCCCC(=O)N[C@H](C(=O)N[C@@H](C)C(=O)Nc2ccc(C3=CN4C(=O)c5cc(OC)c(OCCC)cc5N=C[C@@H]4C3)cc2)C(C)C)nc(NC(=O)C=C)n1. The lowest BCUT2D eigenvalue weighted by molar-refractivity contribution is -0.131. The zero-order valence-corrected chi connectivity index (χ0v) is 35.4. The molecule has 6 amide bonds. The number of hydrogen-bond acceptors (Lipinski definition) is 12. The Labute approximate surface area is 359 Å². The van der Waals surface area contributed by atoms with E-state index in [1.807, 2.05) is 25.3 Å². The van der Waals surface area contributed by atoms with Crippen molar-refractivity contribution < 1.29 is 38.2 Å². The van der Waals surface area contributed by atoms with E-state index in [0.717, 1.165) is 29.7 Å². The highest BCUT2D eigenvalue weighted by Crippen LogP contribution is 2.40. The molecule has 0 spiro atoms. The van der Waals surface area contributed by atoms with Crippen molar-refractivity contribution in [1.82, 2.24) is 25.5 Å². The summed E-state index contributed by atoms with van der Waals surface area (Å²) in [5, 5.41) is 16.3. The van der Waals surface area contributed by atoms with Crippen LogP contribution in [0.15, 0.2) is 79.0 Å². The Morgan fingerprint density at radius 3 is 2.29 bits per heavy atom. The van der Waals surface area contributed by atoms with Crippen LogP contribution in [0, 0.1) is 5.92 Å². The molecule has 18 heteroatoms. The second-order valence-electron chi connectivity index (χ2n) is 14.8. The van der Waals surface area contributed by atoms with Crippen molar-refractivity contribution in [2.45, 2.75) is 71.5 Å². The number of anilines is 4. The minimum absolute atomic E-state index is 0.0548. The smallest absolute Gasteiger partial charge is 0.260 e. The number of fused-ring (bicyclic) bond motifs is 2. The van der Waals surface area contributed by atoms with Gasteiger partial charge in [0.25, 0.3) is 5.91 Å². The molecule has 0 aliphatic carbocycles. The molecule has 0 saturated heterocycles. The van der Waals surface area contributed by atoms with Crippen LogP contribution in [0.2, 0.25) is 0 Å². The van der Waals surface area contributed by atoms with E-state index in [2.05, 4.69) is 60.0 Å². The number of aliphatic imine (C=N–C) groups is 1. The summed E-state index contributed by atoms with van der Waals surface area (Å²) in [6, 6.07) is 9.91. The second-order valence-corrected chi connectivity index (χ2v) is 14.8. The number of carbonyl (C=O) groups is 6. The molecule has 6 N–H and O–H groups in total. The van der Waals surface area contributed by atoms with Gasteiger partial charge < -0.3 is 41.0 Å². The summed E-state index contributed by atoms with van der Waals surface area (Å²) >= 11 is 0. The third-order valence-corrected chi connectivity index (χ3v) is 9.69. The van der Waals surface area contributed by atoms with Gasteiger partial charge in [0.15, 0.2) is 11.5 Å². The molecule has 62 heavy (non-hydrogen) atoms. The first-order valence-electron chi connectivity index (χ1n) is 20.2. The van der Waals surface area contributed by atoms with Crippen LogP contribution in [0.3, 0.4) is 0 Å². The standard InChI is InChI=1S/C44H52N10O8/c1-8-18-62-34-21-32-31(20-33(34)61-7)43(60)54-24-28(19-30(54)23-46-32)27-13-15-29(16-14-27)48-41(58)26(6)47-42(59)40(25(4)5)52-39(57)12-11-17-45-35-22-36(49-37(55)9-2)51-44(50-35)53-38(56)10-3/h9-10,13-16,20-26,30,40H,2-3,8,11-12,17-19H2,1,4-7H3,(H,47,59)(H,48,58)(H,52,57)(H3,45,49,50,51,53,55,56)/t26-,30-,40-/m0/s1. The van der Waals surface area contributed by atoms with Gasteiger partial charge in [-0.2, -0.15) is 9.97 Å². The van der Waals surface area contributed by atoms with Gasteiger partial charge in [-0.15, -0.1) is 0 Å². The first kappa shape index (κ1) is 45.7. The Morgan fingerprint density at radius 1 is 0.903 bits per heavy atom. The molecular weight excluding hydrogens is 797 g/mol. The molecule has 0 radical (unpaired) electrons. The maximum absolute atomic E-state index is 13.7. The van der Waals surface area contributed by atoms with Crippen LogP contribution < -0.4 is 41.4 Å². The molecule has 326 valence electrons. The van der Waals surface area contributed by atoms with E-state index < -0.39 is 35.7 Å². The number of methoxy groups -OCH3 is 1. The van der Waals surface area contributed by atoms with Gasteiger partial charge in [0.1, 0.15) is 23.7 Å². The van der Waals surface area contributed by atoms with Crippen LogP contribution in [0.4, 0.5) is 29.0 Å². The van der Waals surface area contributed by atoms with E-state index in [0.29, 0.717) is 47.9 Å². The van der Waals surface area contributed by atoms with Gasteiger partial charge in [-0.1, -0.05) is 46.1 Å². The van der Waals surface area contributed by atoms with Crippen molar-refractivity contribution in [2.24, 2.45) is 10.9 Å². The fraction of sp³-hybridized carbons (Fsp3) is 0.341. The van der Waals surface area contributed by atoms with Crippen LogP contribution in [0.5, 0.6) is 11.5 Å². The topological polar surface area (TPSA) is 234 Å². The molecule has 2 aromatic carbocycles. The summed E-state index contributed by atoms with van der Waals surface area (Å²) < 4.78 is 11.3. The van der Waals surface area contributed by atoms with Gasteiger partial charge in [-0.05, 0) is 67.2 Å². The van der Waals surface area contributed by atoms with Gasteiger partial charge >= 0.3 is 0 Å². The molecule has 0 fully saturated rings.